The predicted octanol–water partition coefficient (Wildman–Crippen LogP) is 3.03. The molecule has 0 aromatic heterocycles. The average molecular weight is 375 g/mol. The highest BCUT2D eigenvalue weighted by molar-refractivity contribution is 9.10. The first-order valence-electron chi connectivity index (χ1n) is 7.45. The van der Waals surface area contributed by atoms with Gasteiger partial charge in [-0.3, -0.25) is 0 Å². The predicted molar refractivity (Wildman–Crippen MR) is 88.6 cm³/mol. The first-order chi connectivity index (χ1) is 9.94. The molecule has 1 aromatic carbocycles. The lowest BCUT2D eigenvalue weighted by atomic mass is 9.81. The SMILES string of the molecule is CCNCc1ccc(S(=O)(=O)NC(C)C2CCC2)c(Br)c1. The van der Waals surface area contributed by atoms with E-state index in [-0.39, 0.29) is 6.04 Å². The summed E-state index contributed by atoms with van der Waals surface area (Å²) in [4.78, 5) is 0.314. The number of hydrogen-bond donors (Lipinski definition) is 2. The molecule has 21 heavy (non-hydrogen) atoms. The summed E-state index contributed by atoms with van der Waals surface area (Å²) in [6.07, 6.45) is 3.44. The molecule has 2 rings (SSSR count). The molecule has 0 radical (unpaired) electrons. The second-order valence-electron chi connectivity index (χ2n) is 5.65. The standard InChI is InChI=1S/C15H23BrN2O2S/c1-3-17-10-12-7-8-15(14(16)9-12)21(19,20)18-11(2)13-5-4-6-13/h7-9,11,13,17-18H,3-6,10H2,1-2H3. The molecule has 0 amide bonds. The van der Waals surface area contributed by atoms with E-state index in [2.05, 4.69) is 26.0 Å². The van der Waals surface area contributed by atoms with Crippen LogP contribution in [0.25, 0.3) is 0 Å². The topological polar surface area (TPSA) is 58.2 Å². The Morgan fingerprint density at radius 2 is 2.10 bits per heavy atom. The van der Waals surface area contributed by atoms with E-state index in [4.69, 9.17) is 0 Å². The zero-order chi connectivity index (χ0) is 15.5. The number of hydrogen-bond acceptors (Lipinski definition) is 3. The van der Waals surface area contributed by atoms with Crippen LogP contribution in [-0.4, -0.2) is 21.0 Å². The number of rotatable bonds is 7. The van der Waals surface area contributed by atoms with Crippen molar-refractivity contribution in [2.45, 2.75) is 50.6 Å². The van der Waals surface area contributed by atoms with E-state index in [1.54, 1.807) is 6.07 Å². The largest absolute Gasteiger partial charge is 0.313 e. The van der Waals surface area contributed by atoms with Crippen molar-refractivity contribution >= 4 is 26.0 Å². The van der Waals surface area contributed by atoms with Crippen LogP contribution < -0.4 is 10.0 Å². The molecule has 1 aliphatic carbocycles. The maximum absolute atomic E-state index is 12.5. The molecular weight excluding hydrogens is 352 g/mol. The number of sulfonamides is 1. The minimum atomic E-state index is -3.47. The summed E-state index contributed by atoms with van der Waals surface area (Å²) < 4.78 is 28.4. The molecule has 1 aromatic rings. The lowest BCUT2D eigenvalue weighted by molar-refractivity contribution is 0.260. The maximum Gasteiger partial charge on any atom is 0.241 e. The maximum atomic E-state index is 12.5. The van der Waals surface area contributed by atoms with Gasteiger partial charge in [0.15, 0.2) is 0 Å². The van der Waals surface area contributed by atoms with Gasteiger partial charge in [-0.1, -0.05) is 19.4 Å². The van der Waals surface area contributed by atoms with Gasteiger partial charge in [0.1, 0.15) is 0 Å². The fourth-order valence-corrected chi connectivity index (χ4v) is 4.92. The minimum Gasteiger partial charge on any atom is -0.313 e. The molecule has 118 valence electrons. The van der Waals surface area contributed by atoms with Crippen molar-refractivity contribution in [1.29, 1.82) is 0 Å². The minimum absolute atomic E-state index is 0.00270. The molecule has 1 aliphatic rings. The molecule has 0 aliphatic heterocycles. The van der Waals surface area contributed by atoms with Crippen molar-refractivity contribution in [3.05, 3.63) is 28.2 Å². The third kappa shape index (κ3) is 4.28. The molecule has 0 bridgehead atoms. The molecule has 0 saturated heterocycles. The third-order valence-electron chi connectivity index (χ3n) is 4.06. The van der Waals surface area contributed by atoms with Crippen molar-refractivity contribution in [2.24, 2.45) is 5.92 Å². The number of benzene rings is 1. The van der Waals surface area contributed by atoms with Crippen LogP contribution in [0, 0.1) is 5.92 Å². The van der Waals surface area contributed by atoms with Gasteiger partial charge in [-0.2, -0.15) is 0 Å². The quantitative estimate of drug-likeness (QED) is 0.770. The summed E-state index contributed by atoms with van der Waals surface area (Å²) in [5.74, 6) is 0.478. The highest BCUT2D eigenvalue weighted by atomic mass is 79.9. The van der Waals surface area contributed by atoms with Gasteiger partial charge in [-0.25, -0.2) is 13.1 Å². The lowest BCUT2D eigenvalue weighted by Gasteiger charge is -2.31. The molecule has 1 fully saturated rings. The fourth-order valence-electron chi connectivity index (χ4n) is 2.49. The van der Waals surface area contributed by atoms with Gasteiger partial charge in [0, 0.05) is 17.1 Å². The van der Waals surface area contributed by atoms with E-state index in [0.717, 1.165) is 31.5 Å². The summed E-state index contributed by atoms with van der Waals surface area (Å²) in [5, 5.41) is 3.23. The summed E-state index contributed by atoms with van der Waals surface area (Å²) >= 11 is 3.39. The monoisotopic (exact) mass is 374 g/mol. The Bertz CT molecular complexity index is 585. The van der Waals surface area contributed by atoms with E-state index in [9.17, 15) is 8.42 Å². The van der Waals surface area contributed by atoms with E-state index >= 15 is 0 Å². The van der Waals surface area contributed by atoms with Crippen molar-refractivity contribution < 1.29 is 8.42 Å². The van der Waals surface area contributed by atoms with Gasteiger partial charge in [-0.05, 0) is 65.9 Å². The summed E-state index contributed by atoms with van der Waals surface area (Å²) in [6, 6.07) is 5.39. The second-order valence-corrected chi connectivity index (χ2v) is 8.18. The van der Waals surface area contributed by atoms with Gasteiger partial charge in [-0.15, -0.1) is 0 Å². The van der Waals surface area contributed by atoms with Crippen molar-refractivity contribution in [3.8, 4) is 0 Å². The molecule has 2 N–H and O–H groups in total. The fraction of sp³-hybridized carbons (Fsp3) is 0.600. The van der Waals surface area contributed by atoms with Crippen LogP contribution in [0.1, 0.15) is 38.7 Å². The van der Waals surface area contributed by atoms with E-state index < -0.39 is 10.0 Å². The highest BCUT2D eigenvalue weighted by Gasteiger charge is 2.28. The Morgan fingerprint density at radius 3 is 2.62 bits per heavy atom. The van der Waals surface area contributed by atoms with Crippen LogP contribution in [0.3, 0.4) is 0 Å². The molecule has 0 spiro atoms. The van der Waals surface area contributed by atoms with E-state index in [0.29, 0.717) is 15.3 Å². The molecule has 0 heterocycles. The lowest BCUT2D eigenvalue weighted by Crippen LogP contribution is -2.40. The van der Waals surface area contributed by atoms with Crippen molar-refractivity contribution in [3.63, 3.8) is 0 Å². The average Bonchev–Trinajstić information content (AvgIpc) is 2.33. The zero-order valence-corrected chi connectivity index (χ0v) is 14.9. The van der Waals surface area contributed by atoms with Crippen LogP contribution in [0.5, 0.6) is 0 Å². The Balaban J connectivity index is 2.11. The van der Waals surface area contributed by atoms with Crippen LogP contribution in [-0.2, 0) is 16.6 Å². The molecule has 1 atom stereocenters. The van der Waals surface area contributed by atoms with Crippen LogP contribution in [0.2, 0.25) is 0 Å². The van der Waals surface area contributed by atoms with Crippen LogP contribution in [0.4, 0.5) is 0 Å². The molecule has 1 saturated carbocycles. The van der Waals surface area contributed by atoms with Crippen LogP contribution >= 0.6 is 15.9 Å². The first-order valence-corrected chi connectivity index (χ1v) is 9.73. The number of nitrogens with one attached hydrogen (secondary N) is 2. The molecule has 6 heteroatoms. The van der Waals surface area contributed by atoms with E-state index in [1.807, 2.05) is 26.0 Å². The highest BCUT2D eigenvalue weighted by Crippen LogP contribution is 2.31. The van der Waals surface area contributed by atoms with Gasteiger partial charge >= 0.3 is 0 Å². The van der Waals surface area contributed by atoms with Crippen LogP contribution in [0.15, 0.2) is 27.6 Å². The zero-order valence-electron chi connectivity index (χ0n) is 12.5. The molecule has 1 unspecified atom stereocenters. The Labute approximate surface area is 135 Å². The Hall–Kier alpha value is -0.430. The second kappa shape index (κ2) is 7.22. The Kier molecular flexibility index (Phi) is 5.82. The summed E-state index contributed by atoms with van der Waals surface area (Å²) in [7, 11) is -3.47. The first kappa shape index (κ1) is 16.9. The summed E-state index contributed by atoms with van der Waals surface area (Å²) in [6.45, 7) is 5.62. The van der Waals surface area contributed by atoms with Crippen molar-refractivity contribution in [1.82, 2.24) is 10.0 Å². The molecule has 4 nitrogen and oxygen atoms in total. The molecular formula is C15H23BrN2O2S. The smallest absolute Gasteiger partial charge is 0.241 e. The summed E-state index contributed by atoms with van der Waals surface area (Å²) in [5.41, 5.74) is 1.06. The Morgan fingerprint density at radius 1 is 1.38 bits per heavy atom. The third-order valence-corrected chi connectivity index (χ3v) is 6.60. The van der Waals surface area contributed by atoms with Gasteiger partial charge in [0.2, 0.25) is 10.0 Å². The van der Waals surface area contributed by atoms with Gasteiger partial charge < -0.3 is 5.32 Å². The van der Waals surface area contributed by atoms with Gasteiger partial charge in [0.05, 0.1) is 4.90 Å². The number of halogens is 1. The normalized spacial score (nSPS) is 17.5. The van der Waals surface area contributed by atoms with Crippen molar-refractivity contribution in [2.75, 3.05) is 6.54 Å². The van der Waals surface area contributed by atoms with Gasteiger partial charge in [0.25, 0.3) is 0 Å². The van der Waals surface area contributed by atoms with E-state index in [1.165, 1.54) is 6.42 Å².